The third-order valence-corrected chi connectivity index (χ3v) is 5.59. The molecule has 0 radical (unpaired) electrons. The minimum Gasteiger partial charge on any atom is -0.315 e. The molecule has 7 nitrogen and oxygen atoms in total. The van der Waals surface area contributed by atoms with Gasteiger partial charge in [0.2, 0.25) is 5.91 Å². The predicted molar refractivity (Wildman–Crippen MR) is 134 cm³/mol. The molecule has 0 saturated heterocycles. The number of aromatic nitrogens is 2. The molecule has 0 bridgehead atoms. The van der Waals surface area contributed by atoms with E-state index in [1.807, 2.05) is 20.8 Å². The van der Waals surface area contributed by atoms with Crippen molar-refractivity contribution in [2.45, 2.75) is 39.3 Å². The van der Waals surface area contributed by atoms with Gasteiger partial charge in [0.15, 0.2) is 0 Å². The molecule has 11 heteroatoms. The molecule has 36 heavy (non-hydrogen) atoms. The SMILES string of the molecule is CCN(CC(=O)Nc1cc(C(C)(C)C)nn1-c1ccccc1Cl)C(=O)Nc1cccc(C(F)(F)F)c1. The number of benzene rings is 2. The molecule has 0 spiro atoms. The second-order valence-electron chi connectivity index (χ2n) is 9.10. The van der Waals surface area contributed by atoms with Crippen molar-refractivity contribution in [2.24, 2.45) is 0 Å². The lowest BCUT2D eigenvalue weighted by atomic mass is 9.92. The van der Waals surface area contributed by atoms with Gasteiger partial charge in [0.05, 0.1) is 22.0 Å². The lowest BCUT2D eigenvalue weighted by molar-refractivity contribution is -0.137. The maximum absolute atomic E-state index is 13.0. The largest absolute Gasteiger partial charge is 0.416 e. The number of carbonyl (C=O) groups excluding carboxylic acids is 2. The van der Waals surface area contributed by atoms with Gasteiger partial charge in [-0.25, -0.2) is 9.48 Å². The molecule has 3 rings (SSSR count). The summed E-state index contributed by atoms with van der Waals surface area (Å²) in [6.07, 6.45) is -4.54. The van der Waals surface area contributed by atoms with Crippen LogP contribution in [0.25, 0.3) is 5.69 Å². The Morgan fingerprint density at radius 3 is 2.33 bits per heavy atom. The van der Waals surface area contributed by atoms with Crippen LogP contribution >= 0.6 is 11.6 Å². The highest BCUT2D eigenvalue weighted by atomic mass is 35.5. The summed E-state index contributed by atoms with van der Waals surface area (Å²) in [5, 5.41) is 10.2. The number of hydrogen-bond acceptors (Lipinski definition) is 3. The first-order valence-corrected chi connectivity index (χ1v) is 11.6. The standard InChI is InChI=1S/C25H27ClF3N5O2/c1-5-33(23(36)30-17-10-8-9-16(13-17)25(27,28)29)15-22(35)31-21-14-20(24(2,3)4)32-34(21)19-12-7-6-11-18(19)26/h6-14H,5,15H2,1-4H3,(H,30,36)(H,31,35). The molecule has 1 aromatic heterocycles. The Hall–Kier alpha value is -3.53. The number of para-hydroxylation sites is 1. The van der Waals surface area contributed by atoms with Gasteiger partial charge in [0.25, 0.3) is 0 Å². The Labute approximate surface area is 212 Å². The van der Waals surface area contributed by atoms with Gasteiger partial charge in [-0.05, 0) is 37.3 Å². The maximum Gasteiger partial charge on any atom is 0.416 e. The minimum absolute atomic E-state index is 0.0275. The average Bonchev–Trinajstić information content (AvgIpc) is 3.21. The molecule has 3 aromatic rings. The molecule has 192 valence electrons. The predicted octanol–water partition coefficient (Wildman–Crippen LogP) is 6.33. The number of rotatable bonds is 6. The van der Waals surface area contributed by atoms with Gasteiger partial charge in [-0.3, -0.25) is 4.79 Å². The van der Waals surface area contributed by atoms with E-state index in [0.29, 0.717) is 22.2 Å². The van der Waals surface area contributed by atoms with Crippen molar-refractivity contribution in [2.75, 3.05) is 23.7 Å². The van der Waals surface area contributed by atoms with E-state index >= 15 is 0 Å². The first kappa shape index (κ1) is 27.1. The Kier molecular flexibility index (Phi) is 7.98. The number of likely N-dealkylation sites (N-methyl/N-ethyl adjacent to an activating group) is 1. The smallest absolute Gasteiger partial charge is 0.315 e. The molecule has 0 aliphatic heterocycles. The summed E-state index contributed by atoms with van der Waals surface area (Å²) in [7, 11) is 0. The molecular formula is C25H27ClF3N5O2. The van der Waals surface area contributed by atoms with Crippen molar-refractivity contribution in [3.05, 3.63) is 70.9 Å². The van der Waals surface area contributed by atoms with Crippen LogP contribution in [0.15, 0.2) is 54.6 Å². The lowest BCUT2D eigenvalue weighted by Crippen LogP contribution is -2.40. The molecule has 2 aromatic carbocycles. The van der Waals surface area contributed by atoms with E-state index in [2.05, 4.69) is 15.7 Å². The second-order valence-corrected chi connectivity index (χ2v) is 9.51. The van der Waals surface area contributed by atoms with E-state index in [-0.39, 0.29) is 24.2 Å². The van der Waals surface area contributed by atoms with Gasteiger partial charge in [0, 0.05) is 23.7 Å². The second kappa shape index (κ2) is 10.6. The van der Waals surface area contributed by atoms with Crippen LogP contribution in [0.3, 0.4) is 0 Å². The zero-order valence-corrected chi connectivity index (χ0v) is 21.0. The molecular weight excluding hydrogens is 495 g/mol. The van der Waals surface area contributed by atoms with Gasteiger partial charge in [-0.1, -0.05) is 50.6 Å². The summed E-state index contributed by atoms with van der Waals surface area (Å²) in [5.74, 6) is -0.142. The van der Waals surface area contributed by atoms with Crippen LogP contribution in [0.1, 0.15) is 39.0 Å². The van der Waals surface area contributed by atoms with E-state index in [9.17, 15) is 22.8 Å². The van der Waals surface area contributed by atoms with Crippen molar-refractivity contribution in [3.8, 4) is 5.69 Å². The van der Waals surface area contributed by atoms with E-state index in [4.69, 9.17) is 11.6 Å². The summed E-state index contributed by atoms with van der Waals surface area (Å²) in [4.78, 5) is 26.8. The van der Waals surface area contributed by atoms with Crippen LogP contribution in [0.2, 0.25) is 5.02 Å². The van der Waals surface area contributed by atoms with E-state index in [1.54, 1.807) is 37.3 Å². The third-order valence-electron chi connectivity index (χ3n) is 5.27. The zero-order chi connectivity index (χ0) is 26.7. The number of alkyl halides is 3. The Morgan fingerprint density at radius 2 is 1.72 bits per heavy atom. The summed E-state index contributed by atoms with van der Waals surface area (Å²) in [6.45, 7) is 7.41. The zero-order valence-electron chi connectivity index (χ0n) is 20.3. The monoisotopic (exact) mass is 521 g/mol. The van der Waals surface area contributed by atoms with Crippen LogP contribution in [0, 0.1) is 0 Å². The fourth-order valence-electron chi connectivity index (χ4n) is 3.30. The molecule has 2 N–H and O–H groups in total. The van der Waals surface area contributed by atoms with E-state index in [1.165, 1.54) is 21.7 Å². The highest BCUT2D eigenvalue weighted by Gasteiger charge is 2.30. The highest BCUT2D eigenvalue weighted by Crippen LogP contribution is 2.31. The minimum atomic E-state index is -4.54. The molecule has 0 unspecified atom stereocenters. The number of anilines is 2. The summed E-state index contributed by atoms with van der Waals surface area (Å²) < 4.78 is 40.4. The van der Waals surface area contributed by atoms with Crippen LogP contribution in [0.5, 0.6) is 0 Å². The van der Waals surface area contributed by atoms with Gasteiger partial charge >= 0.3 is 12.2 Å². The first-order valence-electron chi connectivity index (χ1n) is 11.2. The van der Waals surface area contributed by atoms with Crippen molar-refractivity contribution in [3.63, 3.8) is 0 Å². The van der Waals surface area contributed by atoms with Gasteiger partial charge in [-0.2, -0.15) is 18.3 Å². The summed E-state index contributed by atoms with van der Waals surface area (Å²) in [6, 6.07) is 12.4. The van der Waals surface area contributed by atoms with E-state index in [0.717, 1.165) is 12.1 Å². The number of hydrogen-bond donors (Lipinski definition) is 2. The molecule has 3 amide bonds. The number of nitrogens with zero attached hydrogens (tertiary/aromatic N) is 3. The summed E-state index contributed by atoms with van der Waals surface area (Å²) >= 11 is 6.35. The quantitative estimate of drug-likeness (QED) is 0.397. The molecule has 0 atom stereocenters. The molecule has 0 aliphatic carbocycles. The maximum atomic E-state index is 13.0. The van der Waals surface area contributed by atoms with Crippen LogP contribution in [0.4, 0.5) is 29.5 Å². The fraction of sp³-hybridized carbons (Fsp3) is 0.320. The third kappa shape index (κ3) is 6.57. The number of carbonyl (C=O) groups is 2. The van der Waals surface area contributed by atoms with Crippen molar-refractivity contribution >= 4 is 35.0 Å². The molecule has 0 saturated carbocycles. The Morgan fingerprint density at radius 1 is 1.03 bits per heavy atom. The van der Waals surface area contributed by atoms with Gasteiger partial charge < -0.3 is 15.5 Å². The number of halogens is 4. The average molecular weight is 522 g/mol. The van der Waals surface area contributed by atoms with Gasteiger partial charge in [0.1, 0.15) is 12.4 Å². The summed E-state index contributed by atoms with van der Waals surface area (Å²) in [5.41, 5.74) is 0.0579. The van der Waals surface area contributed by atoms with Crippen molar-refractivity contribution in [1.29, 1.82) is 0 Å². The first-order chi connectivity index (χ1) is 16.8. The van der Waals surface area contributed by atoms with Crippen LogP contribution in [-0.2, 0) is 16.4 Å². The number of amides is 3. The lowest BCUT2D eigenvalue weighted by Gasteiger charge is -2.21. The van der Waals surface area contributed by atoms with E-state index < -0.39 is 23.7 Å². The van der Waals surface area contributed by atoms with Gasteiger partial charge in [-0.15, -0.1) is 0 Å². The fourth-order valence-corrected chi connectivity index (χ4v) is 3.52. The molecule has 0 fully saturated rings. The Bertz CT molecular complexity index is 1250. The van der Waals surface area contributed by atoms with Crippen molar-refractivity contribution < 1.29 is 22.8 Å². The molecule has 1 heterocycles. The molecule has 0 aliphatic rings. The van der Waals surface area contributed by atoms with Crippen LogP contribution < -0.4 is 10.6 Å². The normalized spacial score (nSPS) is 11.8. The van der Waals surface area contributed by atoms with Crippen LogP contribution in [-0.4, -0.2) is 39.7 Å². The highest BCUT2D eigenvalue weighted by molar-refractivity contribution is 6.32. The Balaban J connectivity index is 1.78. The number of urea groups is 1. The topological polar surface area (TPSA) is 79.3 Å². The number of nitrogens with one attached hydrogen (secondary N) is 2. The van der Waals surface area contributed by atoms with Crippen molar-refractivity contribution in [1.82, 2.24) is 14.7 Å².